The van der Waals surface area contributed by atoms with Crippen LogP contribution in [0.4, 0.5) is 9.93 Å². The maximum Gasteiger partial charge on any atom is 0.327 e. The molecule has 0 unspecified atom stereocenters. The van der Waals surface area contributed by atoms with Crippen LogP contribution in [0.15, 0.2) is 47.4 Å². The highest BCUT2D eigenvalue weighted by atomic mass is 35.5. The Morgan fingerprint density at radius 2 is 1.97 bits per heavy atom. The van der Waals surface area contributed by atoms with E-state index in [2.05, 4.69) is 15.6 Å². The van der Waals surface area contributed by atoms with Crippen molar-refractivity contribution < 1.29 is 22.7 Å². The van der Waals surface area contributed by atoms with Gasteiger partial charge in [-0.1, -0.05) is 35.1 Å². The van der Waals surface area contributed by atoms with Gasteiger partial charge in [0, 0.05) is 13.7 Å². The number of nitrogens with one attached hydrogen (secondary N) is 2. The normalized spacial score (nSPS) is 11.4. The number of fused-ring (bicyclic) bond motifs is 1. The lowest BCUT2D eigenvalue weighted by molar-refractivity contribution is 0.0967. The minimum absolute atomic E-state index is 0.0250. The van der Waals surface area contributed by atoms with Crippen LogP contribution in [0.3, 0.4) is 0 Å². The number of hydrogen-bond acceptors (Lipinski definition) is 7. The molecule has 0 aliphatic rings. The SMILES string of the molecule is COCCCS(=O)(=O)c1ccc2nc(NC(=O)NC(=O)c3ccccc3Cl)sc2c1. The molecule has 0 saturated heterocycles. The summed E-state index contributed by atoms with van der Waals surface area (Å²) in [5.74, 6) is -0.674. The van der Waals surface area contributed by atoms with Crippen molar-refractivity contribution in [1.29, 1.82) is 0 Å². The Balaban J connectivity index is 1.70. The van der Waals surface area contributed by atoms with Gasteiger partial charge in [-0.2, -0.15) is 0 Å². The van der Waals surface area contributed by atoms with Gasteiger partial charge in [0.2, 0.25) is 0 Å². The largest absolute Gasteiger partial charge is 0.385 e. The first-order valence-electron chi connectivity index (χ1n) is 8.79. The fourth-order valence-electron chi connectivity index (χ4n) is 2.61. The summed E-state index contributed by atoms with van der Waals surface area (Å²) in [4.78, 5) is 28.7. The van der Waals surface area contributed by atoms with Crippen LogP contribution >= 0.6 is 22.9 Å². The maximum atomic E-state index is 12.4. The van der Waals surface area contributed by atoms with Crippen molar-refractivity contribution in [1.82, 2.24) is 10.3 Å². The molecule has 1 heterocycles. The van der Waals surface area contributed by atoms with E-state index in [1.54, 1.807) is 24.3 Å². The van der Waals surface area contributed by atoms with Crippen LogP contribution in [0.1, 0.15) is 16.8 Å². The van der Waals surface area contributed by atoms with E-state index in [0.29, 0.717) is 23.2 Å². The Hall–Kier alpha value is -2.53. The highest BCUT2D eigenvalue weighted by Crippen LogP contribution is 2.28. The summed E-state index contributed by atoms with van der Waals surface area (Å²) >= 11 is 7.05. The summed E-state index contributed by atoms with van der Waals surface area (Å²) in [6, 6.07) is 10.2. The highest BCUT2D eigenvalue weighted by molar-refractivity contribution is 7.91. The number of carbonyl (C=O) groups excluding carboxylic acids is 2. The van der Waals surface area contributed by atoms with Gasteiger partial charge >= 0.3 is 6.03 Å². The molecule has 2 N–H and O–H groups in total. The van der Waals surface area contributed by atoms with Crippen LogP contribution in [0, 0.1) is 0 Å². The van der Waals surface area contributed by atoms with Crippen LogP contribution in [0.25, 0.3) is 10.2 Å². The van der Waals surface area contributed by atoms with Crippen molar-refractivity contribution in [2.45, 2.75) is 11.3 Å². The molecule has 0 saturated carbocycles. The number of anilines is 1. The van der Waals surface area contributed by atoms with Crippen molar-refractivity contribution >= 4 is 60.1 Å². The van der Waals surface area contributed by atoms with Crippen molar-refractivity contribution in [2.24, 2.45) is 0 Å². The molecule has 158 valence electrons. The first-order valence-corrected chi connectivity index (χ1v) is 11.6. The highest BCUT2D eigenvalue weighted by Gasteiger charge is 2.17. The fraction of sp³-hybridized carbons (Fsp3) is 0.211. The molecule has 0 aliphatic heterocycles. The number of nitrogens with zero attached hydrogens (tertiary/aromatic N) is 1. The van der Waals surface area contributed by atoms with Crippen molar-refractivity contribution in [3.05, 3.63) is 53.1 Å². The molecule has 8 nitrogen and oxygen atoms in total. The van der Waals surface area contributed by atoms with Gasteiger partial charge in [-0.05, 0) is 36.8 Å². The Labute approximate surface area is 182 Å². The molecule has 0 atom stereocenters. The molecule has 11 heteroatoms. The van der Waals surface area contributed by atoms with Crippen molar-refractivity contribution in [2.75, 3.05) is 24.8 Å². The molecule has 3 amide bonds. The average molecular weight is 468 g/mol. The molecule has 2 aromatic carbocycles. The average Bonchev–Trinajstić information content (AvgIpc) is 3.09. The van der Waals surface area contributed by atoms with E-state index in [4.69, 9.17) is 16.3 Å². The summed E-state index contributed by atoms with van der Waals surface area (Å²) < 4.78 is 30.3. The third-order valence-corrected chi connectivity index (χ3v) is 7.11. The molecule has 0 aliphatic carbocycles. The van der Waals surface area contributed by atoms with Crippen LogP contribution in [0.5, 0.6) is 0 Å². The monoisotopic (exact) mass is 467 g/mol. The Kier molecular flexibility index (Phi) is 7.03. The number of amides is 3. The minimum Gasteiger partial charge on any atom is -0.385 e. The lowest BCUT2D eigenvalue weighted by Crippen LogP contribution is -2.34. The summed E-state index contributed by atoms with van der Waals surface area (Å²) in [7, 11) is -1.93. The summed E-state index contributed by atoms with van der Waals surface area (Å²) in [6.45, 7) is 0.359. The number of sulfone groups is 1. The summed E-state index contributed by atoms with van der Waals surface area (Å²) in [5, 5.41) is 5.11. The van der Waals surface area contributed by atoms with Gasteiger partial charge in [-0.3, -0.25) is 15.4 Å². The molecule has 30 heavy (non-hydrogen) atoms. The number of carbonyl (C=O) groups is 2. The summed E-state index contributed by atoms with van der Waals surface area (Å²) in [6.07, 6.45) is 0.395. The number of hydrogen-bond donors (Lipinski definition) is 2. The van der Waals surface area contributed by atoms with E-state index < -0.39 is 21.8 Å². The molecule has 1 aromatic heterocycles. The second-order valence-electron chi connectivity index (χ2n) is 6.20. The van der Waals surface area contributed by atoms with E-state index in [1.807, 2.05) is 0 Å². The third-order valence-electron chi connectivity index (χ3n) is 4.05. The lowest BCUT2D eigenvalue weighted by atomic mass is 10.2. The zero-order valence-corrected chi connectivity index (χ0v) is 18.2. The number of aromatic nitrogens is 1. The number of halogens is 1. The Bertz CT molecular complexity index is 1190. The number of thiazole rings is 1. The number of ether oxygens (including phenoxy) is 1. The zero-order chi connectivity index (χ0) is 21.7. The molecular weight excluding hydrogens is 450 g/mol. The number of urea groups is 1. The fourth-order valence-corrected chi connectivity index (χ4v) is 5.11. The second kappa shape index (κ2) is 9.52. The topological polar surface area (TPSA) is 114 Å². The quantitative estimate of drug-likeness (QED) is 0.512. The van der Waals surface area contributed by atoms with Gasteiger partial charge in [-0.15, -0.1) is 0 Å². The molecule has 0 spiro atoms. The summed E-state index contributed by atoms with van der Waals surface area (Å²) in [5.41, 5.74) is 0.700. The van der Waals surface area contributed by atoms with Crippen LogP contribution < -0.4 is 10.6 Å². The maximum absolute atomic E-state index is 12.4. The van der Waals surface area contributed by atoms with Gasteiger partial charge in [0.15, 0.2) is 15.0 Å². The minimum atomic E-state index is -3.45. The zero-order valence-electron chi connectivity index (χ0n) is 15.8. The molecular formula is C19H18ClN3O5S2. The standard InChI is InChI=1S/C19H18ClN3O5S2/c1-28-9-4-10-30(26,27)12-7-8-15-16(11-12)29-19(21-15)23-18(25)22-17(24)13-5-2-3-6-14(13)20/h2-3,5-8,11H,4,9-10H2,1H3,(H2,21,22,23,24,25). The molecule has 3 aromatic rings. The number of methoxy groups -OCH3 is 1. The van der Waals surface area contributed by atoms with Crippen LogP contribution in [0.2, 0.25) is 5.02 Å². The van der Waals surface area contributed by atoms with Gasteiger partial charge in [0.1, 0.15) is 0 Å². The molecule has 0 bridgehead atoms. The van der Waals surface area contributed by atoms with Crippen LogP contribution in [-0.2, 0) is 14.6 Å². The van der Waals surface area contributed by atoms with Crippen molar-refractivity contribution in [3.8, 4) is 0 Å². The van der Waals surface area contributed by atoms with Gasteiger partial charge in [0.05, 0.1) is 31.5 Å². The smallest absolute Gasteiger partial charge is 0.327 e. The van der Waals surface area contributed by atoms with Crippen LogP contribution in [-0.4, -0.2) is 44.8 Å². The van der Waals surface area contributed by atoms with E-state index >= 15 is 0 Å². The molecule has 3 rings (SSSR count). The number of benzene rings is 2. The van der Waals surface area contributed by atoms with E-state index in [1.165, 1.54) is 25.3 Å². The lowest BCUT2D eigenvalue weighted by Gasteiger charge is -2.05. The molecule has 0 fully saturated rings. The first kappa shape index (κ1) is 22.2. The van der Waals surface area contributed by atoms with Gasteiger partial charge in [0.25, 0.3) is 5.91 Å². The number of rotatable bonds is 7. The Morgan fingerprint density at radius 3 is 2.70 bits per heavy atom. The molecule has 0 radical (unpaired) electrons. The predicted molar refractivity (Wildman–Crippen MR) is 116 cm³/mol. The number of imide groups is 1. The van der Waals surface area contributed by atoms with E-state index in [9.17, 15) is 18.0 Å². The Morgan fingerprint density at radius 1 is 1.20 bits per heavy atom. The van der Waals surface area contributed by atoms with Gasteiger partial charge in [-0.25, -0.2) is 18.2 Å². The predicted octanol–water partition coefficient (Wildman–Crippen LogP) is 3.72. The second-order valence-corrected chi connectivity index (χ2v) is 9.75. The third kappa shape index (κ3) is 5.33. The van der Waals surface area contributed by atoms with E-state index in [-0.39, 0.29) is 26.4 Å². The van der Waals surface area contributed by atoms with E-state index in [0.717, 1.165) is 11.3 Å². The van der Waals surface area contributed by atoms with Crippen molar-refractivity contribution in [3.63, 3.8) is 0 Å². The first-order chi connectivity index (χ1) is 14.3. The van der Waals surface area contributed by atoms with Gasteiger partial charge < -0.3 is 4.74 Å².